The van der Waals surface area contributed by atoms with Crippen molar-refractivity contribution in [3.63, 3.8) is 0 Å². The number of rotatable bonds is 2. The molecule has 22 heavy (non-hydrogen) atoms. The van der Waals surface area contributed by atoms with Crippen molar-refractivity contribution < 1.29 is 19.4 Å². The lowest BCUT2D eigenvalue weighted by atomic mass is 9.80. The number of carbonyl (C=O) groups excluding carboxylic acids is 2. The van der Waals surface area contributed by atoms with Crippen LogP contribution in [0.15, 0.2) is 35.9 Å². The molecule has 1 aromatic carbocycles. The molecule has 1 aromatic rings. The van der Waals surface area contributed by atoms with Crippen LogP contribution in [-0.4, -0.2) is 29.1 Å². The smallest absolute Gasteiger partial charge is 0.338 e. The highest BCUT2D eigenvalue weighted by atomic mass is 16.6. The summed E-state index contributed by atoms with van der Waals surface area (Å²) < 4.78 is 5.50. The van der Waals surface area contributed by atoms with Crippen LogP contribution in [0, 0.1) is 5.41 Å². The highest BCUT2D eigenvalue weighted by molar-refractivity contribution is 5.96. The Kier molecular flexibility index (Phi) is 4.37. The number of hydrogen-bond donors (Lipinski definition) is 2. The molecule has 0 saturated carbocycles. The highest BCUT2D eigenvalue weighted by Crippen LogP contribution is 2.35. The van der Waals surface area contributed by atoms with Crippen molar-refractivity contribution in [3.8, 4) is 0 Å². The molecule has 0 fully saturated rings. The van der Waals surface area contributed by atoms with Crippen LogP contribution in [0.4, 0.5) is 5.69 Å². The maximum Gasteiger partial charge on any atom is 0.338 e. The average Bonchev–Trinajstić information content (AvgIpc) is 2.49. The van der Waals surface area contributed by atoms with Gasteiger partial charge in [0.2, 0.25) is 0 Å². The number of allylic oxidation sites excluding steroid dienone is 1. The van der Waals surface area contributed by atoms with Gasteiger partial charge >= 0.3 is 5.97 Å². The molecule has 0 amide bonds. The molecule has 5 nitrogen and oxygen atoms in total. The monoisotopic (exact) mass is 303 g/mol. The quantitative estimate of drug-likeness (QED) is 0.645. The minimum Gasteiger partial charge on any atom is -0.455 e. The van der Waals surface area contributed by atoms with Gasteiger partial charge in [-0.15, -0.1) is 0 Å². The van der Waals surface area contributed by atoms with Gasteiger partial charge in [-0.1, -0.05) is 19.9 Å². The Morgan fingerprint density at radius 2 is 2.09 bits per heavy atom. The molecule has 0 radical (unpaired) electrons. The third-order valence-electron chi connectivity index (χ3n) is 3.91. The number of carbonyl (C=O) groups is 2. The molecule has 0 saturated heterocycles. The molecule has 1 aliphatic rings. The summed E-state index contributed by atoms with van der Waals surface area (Å²) in [5.41, 5.74) is 6.26. The van der Waals surface area contributed by atoms with Crippen LogP contribution in [0.1, 0.15) is 37.6 Å². The Bertz CT molecular complexity index is 633. The molecule has 0 aliphatic heterocycles. The average molecular weight is 303 g/mol. The van der Waals surface area contributed by atoms with Crippen LogP contribution in [0.25, 0.3) is 0 Å². The normalized spacial score (nSPS) is 24.4. The van der Waals surface area contributed by atoms with Crippen molar-refractivity contribution in [2.75, 3.05) is 5.73 Å². The Labute approximate surface area is 129 Å². The van der Waals surface area contributed by atoms with Crippen LogP contribution in [0.2, 0.25) is 0 Å². The molecule has 0 bridgehead atoms. The number of Topliss-reactive ketones (excluding diaryl/α,β-unsaturated/α-hetero) is 1. The van der Waals surface area contributed by atoms with Gasteiger partial charge in [0.05, 0.1) is 5.56 Å². The van der Waals surface area contributed by atoms with Crippen molar-refractivity contribution in [1.29, 1.82) is 0 Å². The van der Waals surface area contributed by atoms with E-state index in [-0.39, 0.29) is 12.2 Å². The summed E-state index contributed by atoms with van der Waals surface area (Å²) in [4.78, 5) is 24.3. The van der Waals surface area contributed by atoms with Gasteiger partial charge in [-0.3, -0.25) is 4.79 Å². The van der Waals surface area contributed by atoms with Gasteiger partial charge in [0.15, 0.2) is 5.78 Å². The fourth-order valence-corrected chi connectivity index (χ4v) is 2.63. The Morgan fingerprint density at radius 3 is 2.73 bits per heavy atom. The standard InChI is InChI=1S/C17H21NO4/c1-10-7-13(19)15(17(2,3)9-14(10)20)22-16(21)11-5-4-6-12(18)8-11/h4-8,13,15,19H,9,18H2,1-3H3. The largest absolute Gasteiger partial charge is 0.455 e. The predicted molar refractivity (Wildman–Crippen MR) is 83.2 cm³/mol. The maximum absolute atomic E-state index is 12.3. The van der Waals surface area contributed by atoms with E-state index in [4.69, 9.17) is 10.5 Å². The third kappa shape index (κ3) is 3.36. The minimum atomic E-state index is -1.02. The Morgan fingerprint density at radius 1 is 1.41 bits per heavy atom. The summed E-state index contributed by atoms with van der Waals surface area (Å²) in [5, 5.41) is 10.3. The molecule has 1 aliphatic carbocycles. The Hall–Kier alpha value is -2.14. The fraction of sp³-hybridized carbons (Fsp3) is 0.412. The van der Waals surface area contributed by atoms with Crippen molar-refractivity contribution in [1.82, 2.24) is 0 Å². The molecule has 0 aromatic heterocycles. The van der Waals surface area contributed by atoms with Crippen LogP contribution in [-0.2, 0) is 9.53 Å². The number of nitrogens with two attached hydrogens (primary N) is 1. The topological polar surface area (TPSA) is 89.6 Å². The third-order valence-corrected chi connectivity index (χ3v) is 3.91. The van der Waals surface area contributed by atoms with Crippen LogP contribution in [0.5, 0.6) is 0 Å². The highest BCUT2D eigenvalue weighted by Gasteiger charge is 2.41. The molecule has 2 unspecified atom stereocenters. The molecule has 5 heteroatoms. The number of benzene rings is 1. The van der Waals surface area contributed by atoms with Gasteiger partial charge in [0.25, 0.3) is 0 Å². The van der Waals surface area contributed by atoms with E-state index >= 15 is 0 Å². The van der Waals surface area contributed by atoms with E-state index in [9.17, 15) is 14.7 Å². The molecule has 118 valence electrons. The second-order valence-electron chi connectivity index (χ2n) is 6.38. The lowest BCUT2D eigenvalue weighted by Gasteiger charge is -2.33. The molecule has 2 rings (SSSR count). The van der Waals surface area contributed by atoms with E-state index in [0.29, 0.717) is 16.8 Å². The van der Waals surface area contributed by atoms with Gasteiger partial charge in [-0.2, -0.15) is 0 Å². The minimum absolute atomic E-state index is 0.0495. The molecular formula is C17H21NO4. The van der Waals surface area contributed by atoms with Gasteiger partial charge in [-0.05, 0) is 36.8 Å². The molecular weight excluding hydrogens is 282 g/mol. The summed E-state index contributed by atoms with van der Waals surface area (Å²) in [5.74, 6) is -0.614. The summed E-state index contributed by atoms with van der Waals surface area (Å²) in [6, 6.07) is 6.45. The molecule has 3 N–H and O–H groups in total. The lowest BCUT2D eigenvalue weighted by Crippen LogP contribution is -2.42. The first-order chi connectivity index (χ1) is 10.2. The zero-order valence-corrected chi connectivity index (χ0v) is 13.0. The summed E-state index contributed by atoms with van der Waals surface area (Å²) >= 11 is 0. The lowest BCUT2D eigenvalue weighted by molar-refractivity contribution is -0.119. The van der Waals surface area contributed by atoms with Gasteiger partial charge in [0.1, 0.15) is 12.2 Å². The summed E-state index contributed by atoms with van der Waals surface area (Å²) in [6.45, 7) is 5.26. The SMILES string of the molecule is CC1=CC(O)C(OC(=O)c2cccc(N)c2)C(C)(C)CC1=O. The fourth-order valence-electron chi connectivity index (χ4n) is 2.63. The van der Waals surface area contributed by atoms with Gasteiger partial charge < -0.3 is 15.6 Å². The molecule has 0 heterocycles. The second kappa shape index (κ2) is 5.93. The van der Waals surface area contributed by atoms with E-state index in [1.54, 1.807) is 39.0 Å². The van der Waals surface area contributed by atoms with Crippen LogP contribution < -0.4 is 5.73 Å². The first-order valence-electron chi connectivity index (χ1n) is 7.17. The van der Waals surface area contributed by atoms with Crippen LogP contribution in [0.3, 0.4) is 0 Å². The van der Waals surface area contributed by atoms with Crippen molar-refractivity contribution in [3.05, 3.63) is 41.5 Å². The zero-order valence-electron chi connectivity index (χ0n) is 13.0. The predicted octanol–water partition coefficient (Wildman–Crippen LogP) is 2.10. The number of anilines is 1. The first-order valence-corrected chi connectivity index (χ1v) is 7.17. The van der Waals surface area contributed by atoms with Crippen molar-refractivity contribution in [2.24, 2.45) is 5.41 Å². The number of aliphatic hydroxyl groups is 1. The summed E-state index contributed by atoms with van der Waals surface area (Å²) in [7, 11) is 0. The van der Waals surface area contributed by atoms with Gasteiger partial charge in [-0.25, -0.2) is 4.79 Å². The van der Waals surface area contributed by atoms with E-state index in [1.807, 2.05) is 0 Å². The van der Waals surface area contributed by atoms with Crippen molar-refractivity contribution >= 4 is 17.4 Å². The van der Waals surface area contributed by atoms with E-state index < -0.39 is 23.6 Å². The van der Waals surface area contributed by atoms with Crippen molar-refractivity contribution in [2.45, 2.75) is 39.4 Å². The molecule has 0 spiro atoms. The zero-order chi connectivity index (χ0) is 16.5. The van der Waals surface area contributed by atoms with E-state index in [0.717, 1.165) is 0 Å². The Balaban J connectivity index is 2.26. The van der Waals surface area contributed by atoms with Gasteiger partial charge in [0, 0.05) is 17.5 Å². The summed E-state index contributed by atoms with van der Waals surface area (Å²) in [6.07, 6.45) is -0.162. The number of nitrogen functional groups attached to an aromatic ring is 1. The maximum atomic E-state index is 12.3. The van der Waals surface area contributed by atoms with Crippen LogP contribution >= 0.6 is 0 Å². The van der Waals surface area contributed by atoms with E-state index in [2.05, 4.69) is 0 Å². The number of hydrogen-bond acceptors (Lipinski definition) is 5. The molecule has 2 atom stereocenters. The first kappa shape index (κ1) is 16.2. The van der Waals surface area contributed by atoms with E-state index in [1.165, 1.54) is 12.1 Å². The number of ether oxygens (including phenoxy) is 1. The number of ketones is 1. The number of esters is 1. The second-order valence-corrected chi connectivity index (χ2v) is 6.38. The number of aliphatic hydroxyl groups excluding tert-OH is 1.